The van der Waals surface area contributed by atoms with Gasteiger partial charge in [0.1, 0.15) is 0 Å². The Morgan fingerprint density at radius 1 is 0.818 bits per heavy atom. The Morgan fingerprint density at radius 2 is 1.18 bits per heavy atom. The number of nitrogens with zero attached hydrogens (tertiary/aromatic N) is 2. The third-order valence-corrected chi connectivity index (χ3v) is 3.47. The Balaban J connectivity index is 2.74. The van der Waals surface area contributed by atoms with Gasteiger partial charge < -0.3 is 20.4 Å². The molecule has 4 amide bonds. The van der Waals surface area contributed by atoms with Crippen LogP contribution in [0.3, 0.4) is 0 Å². The molecule has 0 atom stereocenters. The zero-order chi connectivity index (χ0) is 16.5. The predicted molar refractivity (Wildman–Crippen MR) is 90.3 cm³/mol. The monoisotopic (exact) mass is 306 g/mol. The number of amides is 4. The zero-order valence-corrected chi connectivity index (χ0v) is 13.8. The fourth-order valence-electron chi connectivity index (χ4n) is 2.10. The van der Waals surface area contributed by atoms with Crippen molar-refractivity contribution in [2.24, 2.45) is 0 Å². The van der Waals surface area contributed by atoms with Gasteiger partial charge in [0.25, 0.3) is 0 Å². The van der Waals surface area contributed by atoms with Crippen molar-refractivity contribution in [2.75, 3.05) is 36.8 Å². The van der Waals surface area contributed by atoms with Crippen molar-refractivity contribution in [3.05, 3.63) is 24.3 Å². The van der Waals surface area contributed by atoms with E-state index < -0.39 is 0 Å². The lowest BCUT2D eigenvalue weighted by atomic mass is 10.3. The summed E-state index contributed by atoms with van der Waals surface area (Å²) in [7, 11) is 0. The first-order valence-electron chi connectivity index (χ1n) is 7.77. The molecule has 1 rings (SSSR count). The van der Waals surface area contributed by atoms with Crippen molar-refractivity contribution in [1.82, 2.24) is 9.80 Å². The quantitative estimate of drug-likeness (QED) is 0.845. The Labute approximate surface area is 132 Å². The maximum atomic E-state index is 12.0. The number of hydrogen-bond donors (Lipinski definition) is 2. The molecule has 0 heterocycles. The molecule has 0 bridgehead atoms. The molecule has 2 N–H and O–H groups in total. The summed E-state index contributed by atoms with van der Waals surface area (Å²) >= 11 is 0. The fourth-order valence-corrected chi connectivity index (χ4v) is 2.10. The molecule has 0 fully saturated rings. The lowest BCUT2D eigenvalue weighted by Gasteiger charge is -2.20. The van der Waals surface area contributed by atoms with Crippen molar-refractivity contribution in [3.63, 3.8) is 0 Å². The van der Waals surface area contributed by atoms with E-state index in [-0.39, 0.29) is 12.1 Å². The maximum absolute atomic E-state index is 12.0. The van der Waals surface area contributed by atoms with Gasteiger partial charge in [-0.15, -0.1) is 0 Å². The number of hydrogen-bond acceptors (Lipinski definition) is 2. The topological polar surface area (TPSA) is 64.7 Å². The summed E-state index contributed by atoms with van der Waals surface area (Å²) in [5.41, 5.74) is 1.32. The number of nitrogens with one attached hydrogen (secondary N) is 2. The van der Waals surface area contributed by atoms with Gasteiger partial charge in [-0.1, -0.05) is 6.07 Å². The first-order valence-corrected chi connectivity index (χ1v) is 7.77. The van der Waals surface area contributed by atoms with Crippen molar-refractivity contribution in [1.29, 1.82) is 0 Å². The minimum Gasteiger partial charge on any atom is -0.325 e. The molecule has 6 nitrogen and oxygen atoms in total. The van der Waals surface area contributed by atoms with Gasteiger partial charge in [0.15, 0.2) is 0 Å². The number of rotatable bonds is 6. The molecule has 0 radical (unpaired) electrons. The number of carbonyl (C=O) groups excluding carboxylic acids is 2. The van der Waals surface area contributed by atoms with Crippen LogP contribution in [0.15, 0.2) is 24.3 Å². The van der Waals surface area contributed by atoms with Crippen LogP contribution in [-0.4, -0.2) is 48.0 Å². The number of urea groups is 2. The predicted octanol–water partition coefficient (Wildman–Crippen LogP) is 3.43. The Kier molecular flexibility index (Phi) is 7.22. The minimum atomic E-state index is -0.141. The summed E-state index contributed by atoms with van der Waals surface area (Å²) in [4.78, 5) is 27.4. The lowest BCUT2D eigenvalue weighted by molar-refractivity contribution is 0.216. The molecule has 6 heteroatoms. The van der Waals surface area contributed by atoms with Gasteiger partial charge in [0.2, 0.25) is 0 Å². The fraction of sp³-hybridized carbons (Fsp3) is 0.500. The van der Waals surface area contributed by atoms with Crippen LogP contribution in [0.2, 0.25) is 0 Å². The number of benzene rings is 1. The normalized spacial score (nSPS) is 10.0. The van der Waals surface area contributed by atoms with E-state index in [1.165, 1.54) is 0 Å². The molecule has 0 aliphatic rings. The van der Waals surface area contributed by atoms with E-state index in [4.69, 9.17) is 0 Å². The summed E-state index contributed by atoms with van der Waals surface area (Å²) in [6, 6.07) is 6.87. The van der Waals surface area contributed by atoms with E-state index in [1.807, 2.05) is 27.7 Å². The van der Waals surface area contributed by atoms with Crippen molar-refractivity contribution < 1.29 is 9.59 Å². The minimum absolute atomic E-state index is 0.141. The molecule has 1 aromatic rings. The third-order valence-electron chi connectivity index (χ3n) is 3.47. The molecule has 0 saturated heterocycles. The molecule has 1 aromatic carbocycles. The SMILES string of the molecule is CCN(CC)C(=O)Nc1cccc(NC(=O)N(CC)CC)c1. The van der Waals surface area contributed by atoms with Gasteiger partial charge in [-0.25, -0.2) is 9.59 Å². The van der Waals surface area contributed by atoms with Crippen LogP contribution in [0.1, 0.15) is 27.7 Å². The molecule has 0 aliphatic heterocycles. The Hall–Kier alpha value is -2.24. The van der Waals surface area contributed by atoms with Crippen LogP contribution in [0, 0.1) is 0 Å². The van der Waals surface area contributed by atoms with Gasteiger partial charge in [0.05, 0.1) is 0 Å². The second kappa shape index (κ2) is 8.92. The highest BCUT2D eigenvalue weighted by Crippen LogP contribution is 2.16. The Morgan fingerprint density at radius 3 is 1.50 bits per heavy atom. The van der Waals surface area contributed by atoms with Gasteiger partial charge in [-0.05, 0) is 45.9 Å². The second-order valence-corrected chi connectivity index (χ2v) is 4.79. The largest absolute Gasteiger partial charge is 0.325 e. The first kappa shape index (κ1) is 17.8. The van der Waals surface area contributed by atoms with Crippen LogP contribution < -0.4 is 10.6 Å². The summed E-state index contributed by atoms with van der Waals surface area (Å²) < 4.78 is 0. The average Bonchev–Trinajstić information content (AvgIpc) is 2.50. The van der Waals surface area contributed by atoms with E-state index in [0.29, 0.717) is 37.6 Å². The average molecular weight is 306 g/mol. The van der Waals surface area contributed by atoms with Gasteiger partial charge in [0, 0.05) is 37.6 Å². The highest BCUT2D eigenvalue weighted by Gasteiger charge is 2.11. The van der Waals surface area contributed by atoms with E-state index in [0.717, 1.165) is 0 Å². The number of carbonyl (C=O) groups is 2. The molecule has 0 aromatic heterocycles. The van der Waals surface area contributed by atoms with Crippen molar-refractivity contribution in [2.45, 2.75) is 27.7 Å². The summed E-state index contributed by atoms with van der Waals surface area (Å²) in [5, 5.41) is 5.67. The molecule has 0 aliphatic carbocycles. The van der Waals surface area contributed by atoms with Crippen LogP contribution >= 0.6 is 0 Å². The van der Waals surface area contributed by atoms with Crippen molar-refractivity contribution >= 4 is 23.4 Å². The van der Waals surface area contributed by atoms with Crippen LogP contribution in [0.5, 0.6) is 0 Å². The lowest BCUT2D eigenvalue weighted by Crippen LogP contribution is -2.35. The van der Waals surface area contributed by atoms with Gasteiger partial charge in [-0.3, -0.25) is 0 Å². The van der Waals surface area contributed by atoms with Crippen LogP contribution in [0.4, 0.5) is 21.0 Å². The molecule has 122 valence electrons. The Bertz CT molecular complexity index is 455. The smallest absolute Gasteiger partial charge is 0.321 e. The molecule has 22 heavy (non-hydrogen) atoms. The molecular formula is C16H26N4O2. The van der Waals surface area contributed by atoms with Gasteiger partial charge >= 0.3 is 12.1 Å². The molecule has 0 unspecified atom stereocenters. The standard InChI is InChI=1S/C16H26N4O2/c1-5-19(6-2)15(21)17-13-10-9-11-14(12-13)18-16(22)20(7-3)8-4/h9-12H,5-8H2,1-4H3,(H,17,21)(H,18,22). The van der Waals surface area contributed by atoms with Gasteiger partial charge in [-0.2, -0.15) is 0 Å². The van der Waals surface area contributed by atoms with E-state index in [1.54, 1.807) is 34.1 Å². The van der Waals surface area contributed by atoms with E-state index in [9.17, 15) is 9.59 Å². The highest BCUT2D eigenvalue weighted by molar-refractivity contribution is 5.92. The summed E-state index contributed by atoms with van der Waals surface area (Å²) in [6.45, 7) is 10.4. The molecule has 0 saturated carbocycles. The second-order valence-electron chi connectivity index (χ2n) is 4.79. The molecule has 0 spiro atoms. The van der Waals surface area contributed by atoms with Crippen molar-refractivity contribution in [3.8, 4) is 0 Å². The maximum Gasteiger partial charge on any atom is 0.321 e. The summed E-state index contributed by atoms with van der Waals surface area (Å²) in [6.07, 6.45) is 0. The van der Waals surface area contributed by atoms with Crippen LogP contribution in [0.25, 0.3) is 0 Å². The first-order chi connectivity index (χ1) is 10.5. The summed E-state index contributed by atoms with van der Waals surface area (Å²) in [5.74, 6) is 0. The van der Waals surface area contributed by atoms with E-state index >= 15 is 0 Å². The zero-order valence-electron chi connectivity index (χ0n) is 13.8. The molecular weight excluding hydrogens is 280 g/mol. The highest BCUT2D eigenvalue weighted by atomic mass is 16.2. The third kappa shape index (κ3) is 4.95. The number of anilines is 2. The van der Waals surface area contributed by atoms with E-state index in [2.05, 4.69) is 10.6 Å². The van der Waals surface area contributed by atoms with Crippen LogP contribution in [-0.2, 0) is 0 Å².